The zero-order valence-electron chi connectivity index (χ0n) is 11.6. The lowest BCUT2D eigenvalue weighted by Gasteiger charge is -2.40. The highest BCUT2D eigenvalue weighted by Gasteiger charge is 2.37. The molecule has 0 unspecified atom stereocenters. The molecular weight excluding hydrogens is 340 g/mol. The average molecular weight is 357 g/mol. The molecule has 2 rings (SSSR count). The van der Waals surface area contributed by atoms with Crippen molar-refractivity contribution in [2.75, 3.05) is 19.0 Å². The summed E-state index contributed by atoms with van der Waals surface area (Å²) in [5.74, 6) is -1.05. The van der Waals surface area contributed by atoms with Crippen LogP contribution in [-0.2, 0) is 4.74 Å². The van der Waals surface area contributed by atoms with Crippen molar-refractivity contribution in [1.29, 1.82) is 0 Å². The highest BCUT2D eigenvalue weighted by Crippen LogP contribution is 2.34. The van der Waals surface area contributed by atoms with Gasteiger partial charge in [-0.1, -0.05) is 15.9 Å². The Morgan fingerprint density at radius 3 is 2.62 bits per heavy atom. The van der Waals surface area contributed by atoms with Crippen molar-refractivity contribution in [2.24, 2.45) is 0 Å². The molecule has 0 spiro atoms. The van der Waals surface area contributed by atoms with E-state index < -0.39 is 5.97 Å². The second-order valence-electron chi connectivity index (χ2n) is 5.08. The molecule has 1 fully saturated rings. The molecule has 1 aliphatic rings. The maximum atomic E-state index is 11.9. The summed E-state index contributed by atoms with van der Waals surface area (Å²) in [6.45, 7) is 0.440. The monoisotopic (exact) mass is 356 g/mol. The minimum atomic E-state index is -1.05. The molecule has 0 bridgehead atoms. The van der Waals surface area contributed by atoms with Gasteiger partial charge in [0, 0.05) is 23.8 Å². The van der Waals surface area contributed by atoms with E-state index in [1.165, 1.54) is 12.1 Å². The molecule has 1 aromatic rings. The number of amides is 2. The van der Waals surface area contributed by atoms with Crippen LogP contribution in [0.2, 0.25) is 0 Å². The zero-order chi connectivity index (χ0) is 15.5. The van der Waals surface area contributed by atoms with Crippen molar-refractivity contribution >= 4 is 33.6 Å². The maximum absolute atomic E-state index is 11.9. The van der Waals surface area contributed by atoms with Gasteiger partial charge in [0.05, 0.1) is 11.2 Å². The van der Waals surface area contributed by atoms with Gasteiger partial charge in [0.15, 0.2) is 0 Å². The van der Waals surface area contributed by atoms with E-state index in [9.17, 15) is 9.59 Å². The van der Waals surface area contributed by atoms with E-state index in [0.29, 0.717) is 16.7 Å². The molecule has 1 saturated carbocycles. The van der Waals surface area contributed by atoms with Crippen LogP contribution in [0, 0.1) is 0 Å². The number of aromatic carboxylic acids is 1. The number of ether oxygens (including phenoxy) is 1. The SMILES string of the molecule is COC1(CNC(=O)Nc2cc(Br)cc(C(=O)O)c2)CCC1. The number of halogens is 1. The van der Waals surface area contributed by atoms with E-state index >= 15 is 0 Å². The number of benzene rings is 1. The smallest absolute Gasteiger partial charge is 0.335 e. The summed E-state index contributed by atoms with van der Waals surface area (Å²) < 4.78 is 6.00. The number of carbonyl (C=O) groups is 2. The topological polar surface area (TPSA) is 87.7 Å². The Balaban J connectivity index is 1.95. The second-order valence-corrected chi connectivity index (χ2v) is 6.00. The van der Waals surface area contributed by atoms with Crippen molar-refractivity contribution in [3.63, 3.8) is 0 Å². The van der Waals surface area contributed by atoms with Crippen molar-refractivity contribution in [2.45, 2.75) is 24.9 Å². The van der Waals surface area contributed by atoms with Crippen LogP contribution < -0.4 is 10.6 Å². The Hall–Kier alpha value is -1.60. The largest absolute Gasteiger partial charge is 0.478 e. The first-order valence-electron chi connectivity index (χ1n) is 6.58. The number of hydrogen-bond donors (Lipinski definition) is 3. The van der Waals surface area contributed by atoms with Gasteiger partial charge in [0.1, 0.15) is 0 Å². The minimum Gasteiger partial charge on any atom is -0.478 e. The Morgan fingerprint density at radius 1 is 1.38 bits per heavy atom. The summed E-state index contributed by atoms with van der Waals surface area (Å²) in [5.41, 5.74) is 0.271. The zero-order valence-corrected chi connectivity index (χ0v) is 13.2. The first kappa shape index (κ1) is 15.8. The number of urea groups is 1. The fourth-order valence-corrected chi connectivity index (χ4v) is 2.72. The molecular formula is C14H17BrN2O4. The highest BCUT2D eigenvalue weighted by atomic mass is 79.9. The fraction of sp³-hybridized carbons (Fsp3) is 0.429. The molecule has 6 nitrogen and oxygen atoms in total. The number of carboxylic acid groups (broad SMARTS) is 1. The number of rotatable bonds is 5. The summed E-state index contributed by atoms with van der Waals surface area (Å²) in [4.78, 5) is 22.8. The van der Waals surface area contributed by atoms with Crippen molar-refractivity contribution in [3.05, 3.63) is 28.2 Å². The molecule has 1 aliphatic carbocycles. The quantitative estimate of drug-likeness (QED) is 0.756. The first-order valence-corrected chi connectivity index (χ1v) is 7.37. The van der Waals surface area contributed by atoms with Gasteiger partial charge >= 0.3 is 12.0 Å². The van der Waals surface area contributed by atoms with Crippen LogP contribution in [0.4, 0.5) is 10.5 Å². The van der Waals surface area contributed by atoms with Crippen LogP contribution >= 0.6 is 15.9 Å². The van der Waals surface area contributed by atoms with Crippen LogP contribution in [0.5, 0.6) is 0 Å². The number of hydrogen-bond acceptors (Lipinski definition) is 3. The van der Waals surface area contributed by atoms with Gasteiger partial charge in [-0.15, -0.1) is 0 Å². The van der Waals surface area contributed by atoms with Crippen LogP contribution in [0.3, 0.4) is 0 Å². The van der Waals surface area contributed by atoms with E-state index in [-0.39, 0.29) is 17.2 Å². The van der Waals surface area contributed by atoms with Gasteiger partial charge < -0.3 is 20.5 Å². The number of anilines is 1. The van der Waals surface area contributed by atoms with Crippen molar-refractivity contribution < 1.29 is 19.4 Å². The Morgan fingerprint density at radius 2 is 2.10 bits per heavy atom. The third-order valence-corrected chi connectivity index (χ3v) is 4.13. The van der Waals surface area contributed by atoms with E-state index in [1.807, 2.05) is 0 Å². The predicted octanol–water partition coefficient (Wildman–Crippen LogP) is 2.84. The molecule has 21 heavy (non-hydrogen) atoms. The number of nitrogens with one attached hydrogen (secondary N) is 2. The molecule has 0 heterocycles. The first-order chi connectivity index (χ1) is 9.94. The summed E-state index contributed by atoms with van der Waals surface area (Å²) in [7, 11) is 1.65. The highest BCUT2D eigenvalue weighted by molar-refractivity contribution is 9.10. The summed E-state index contributed by atoms with van der Waals surface area (Å²) >= 11 is 3.22. The van der Waals surface area contributed by atoms with Gasteiger partial charge in [-0.3, -0.25) is 0 Å². The molecule has 114 valence electrons. The summed E-state index contributed by atoms with van der Waals surface area (Å²) in [6.07, 6.45) is 2.97. The Bertz CT molecular complexity index is 552. The standard InChI is InChI=1S/C14H17BrN2O4/c1-21-14(3-2-4-14)8-16-13(20)17-11-6-9(12(18)19)5-10(15)7-11/h5-7H,2-4,8H2,1H3,(H,18,19)(H2,16,17,20). The molecule has 0 radical (unpaired) electrons. The van der Waals surface area contributed by atoms with Crippen LogP contribution in [0.25, 0.3) is 0 Å². The molecule has 1 aromatic carbocycles. The van der Waals surface area contributed by atoms with E-state index in [2.05, 4.69) is 26.6 Å². The molecule has 0 atom stereocenters. The minimum absolute atomic E-state index is 0.104. The lowest BCUT2D eigenvalue weighted by Crippen LogP contribution is -2.50. The maximum Gasteiger partial charge on any atom is 0.335 e. The van der Waals surface area contributed by atoms with Crippen LogP contribution in [0.1, 0.15) is 29.6 Å². The van der Waals surface area contributed by atoms with Crippen molar-refractivity contribution in [3.8, 4) is 0 Å². The van der Waals surface area contributed by atoms with E-state index in [0.717, 1.165) is 19.3 Å². The van der Waals surface area contributed by atoms with Gasteiger partial charge in [0.2, 0.25) is 0 Å². The molecule has 7 heteroatoms. The normalized spacial score (nSPS) is 15.9. The third-order valence-electron chi connectivity index (χ3n) is 3.67. The molecule has 2 amide bonds. The van der Waals surface area contributed by atoms with Gasteiger partial charge in [-0.25, -0.2) is 9.59 Å². The van der Waals surface area contributed by atoms with E-state index in [1.54, 1.807) is 13.2 Å². The van der Waals surface area contributed by atoms with Gasteiger partial charge in [-0.05, 0) is 37.5 Å². The number of methoxy groups -OCH3 is 1. The van der Waals surface area contributed by atoms with Gasteiger partial charge in [0.25, 0.3) is 0 Å². The summed E-state index contributed by atoms with van der Waals surface area (Å²) in [5, 5.41) is 14.4. The Labute approximate surface area is 131 Å². The third kappa shape index (κ3) is 3.95. The Kier molecular flexibility index (Phi) is 4.84. The van der Waals surface area contributed by atoms with Crippen molar-refractivity contribution in [1.82, 2.24) is 5.32 Å². The van der Waals surface area contributed by atoms with E-state index in [4.69, 9.17) is 9.84 Å². The lowest BCUT2D eigenvalue weighted by molar-refractivity contribution is -0.0671. The second kappa shape index (κ2) is 6.44. The lowest BCUT2D eigenvalue weighted by atomic mass is 9.80. The molecule has 0 aliphatic heterocycles. The fourth-order valence-electron chi connectivity index (χ4n) is 2.23. The van der Waals surface area contributed by atoms with Crippen LogP contribution in [-0.4, -0.2) is 36.4 Å². The molecule has 3 N–H and O–H groups in total. The average Bonchev–Trinajstić information content (AvgIpc) is 2.37. The predicted molar refractivity (Wildman–Crippen MR) is 81.7 cm³/mol. The number of carbonyl (C=O) groups excluding carboxylic acids is 1. The molecule has 0 aromatic heterocycles. The molecule has 0 saturated heterocycles. The summed E-state index contributed by atoms with van der Waals surface area (Å²) in [6, 6.07) is 4.14. The number of carboxylic acids is 1. The van der Waals surface area contributed by atoms with Crippen LogP contribution in [0.15, 0.2) is 22.7 Å². The van der Waals surface area contributed by atoms with Gasteiger partial charge in [-0.2, -0.15) is 0 Å².